The summed E-state index contributed by atoms with van der Waals surface area (Å²) in [7, 11) is 2.07. The Morgan fingerprint density at radius 2 is 1.90 bits per heavy atom. The summed E-state index contributed by atoms with van der Waals surface area (Å²) < 4.78 is 6.14. The van der Waals surface area contributed by atoms with Crippen LogP contribution in [0.4, 0.5) is 0 Å². The lowest BCUT2D eigenvalue weighted by Gasteiger charge is -2.34. The molecule has 1 saturated carbocycles. The molecule has 1 saturated heterocycles. The standard InChI is InChI=1S/C18H27NO/c1-13-8-14(2)10-15(9-13)11-18(12-19-3)6-7-20-17(18)16-4-5-16/h8-10,16-17,19H,4-7,11-12H2,1-3H3. The van der Waals surface area contributed by atoms with Gasteiger partial charge in [-0.3, -0.25) is 0 Å². The molecule has 1 aliphatic heterocycles. The largest absolute Gasteiger partial charge is 0.377 e. The zero-order chi connectivity index (χ0) is 14.2. The Bertz CT molecular complexity index is 460. The second-order valence-electron chi connectivity index (χ2n) is 6.94. The third-order valence-electron chi connectivity index (χ3n) is 4.92. The molecule has 0 amide bonds. The third-order valence-corrected chi connectivity index (χ3v) is 4.92. The van der Waals surface area contributed by atoms with Gasteiger partial charge >= 0.3 is 0 Å². The highest BCUT2D eigenvalue weighted by Gasteiger charge is 2.50. The van der Waals surface area contributed by atoms with E-state index in [1.54, 1.807) is 0 Å². The zero-order valence-electron chi connectivity index (χ0n) is 13.0. The number of hydrogen-bond donors (Lipinski definition) is 1. The van der Waals surface area contributed by atoms with Gasteiger partial charge in [-0.1, -0.05) is 29.3 Å². The molecule has 110 valence electrons. The van der Waals surface area contributed by atoms with Crippen molar-refractivity contribution in [1.29, 1.82) is 0 Å². The molecule has 3 rings (SSSR count). The van der Waals surface area contributed by atoms with Gasteiger partial charge in [-0.2, -0.15) is 0 Å². The minimum Gasteiger partial charge on any atom is -0.377 e. The molecule has 2 nitrogen and oxygen atoms in total. The smallest absolute Gasteiger partial charge is 0.0675 e. The summed E-state index contributed by atoms with van der Waals surface area (Å²) in [4.78, 5) is 0. The number of hydrogen-bond acceptors (Lipinski definition) is 2. The molecule has 1 heterocycles. The fourth-order valence-electron chi connectivity index (χ4n) is 4.11. The van der Waals surface area contributed by atoms with E-state index in [4.69, 9.17) is 4.74 Å². The van der Waals surface area contributed by atoms with E-state index in [2.05, 4.69) is 44.4 Å². The molecule has 2 heteroatoms. The monoisotopic (exact) mass is 273 g/mol. The second-order valence-corrected chi connectivity index (χ2v) is 6.94. The molecular formula is C18H27NO. The van der Waals surface area contributed by atoms with Crippen molar-refractivity contribution in [2.75, 3.05) is 20.2 Å². The SMILES string of the molecule is CNCC1(Cc2cc(C)cc(C)c2)CCOC1C1CC1. The second kappa shape index (κ2) is 5.50. The van der Waals surface area contributed by atoms with E-state index in [9.17, 15) is 0 Å². The van der Waals surface area contributed by atoms with Crippen molar-refractivity contribution in [3.63, 3.8) is 0 Å². The van der Waals surface area contributed by atoms with Gasteiger partial charge in [0.25, 0.3) is 0 Å². The molecule has 1 aromatic carbocycles. The van der Waals surface area contributed by atoms with Crippen LogP contribution in [0, 0.1) is 25.2 Å². The minimum atomic E-state index is 0.302. The van der Waals surface area contributed by atoms with Crippen molar-refractivity contribution < 1.29 is 4.74 Å². The molecule has 2 unspecified atom stereocenters. The molecule has 2 fully saturated rings. The lowest BCUT2D eigenvalue weighted by Crippen LogP contribution is -2.42. The summed E-state index contributed by atoms with van der Waals surface area (Å²) >= 11 is 0. The molecule has 1 aromatic rings. The molecule has 1 aliphatic carbocycles. The van der Waals surface area contributed by atoms with Gasteiger partial charge in [0.2, 0.25) is 0 Å². The van der Waals surface area contributed by atoms with Crippen LogP contribution in [-0.2, 0) is 11.2 Å². The van der Waals surface area contributed by atoms with Crippen LogP contribution in [0.5, 0.6) is 0 Å². The molecule has 20 heavy (non-hydrogen) atoms. The summed E-state index contributed by atoms with van der Waals surface area (Å²) in [6.45, 7) is 6.41. The number of aryl methyl sites for hydroxylation is 2. The molecule has 0 aromatic heterocycles. The molecule has 0 radical (unpaired) electrons. The molecular weight excluding hydrogens is 246 g/mol. The maximum absolute atomic E-state index is 6.14. The molecule has 0 bridgehead atoms. The summed E-state index contributed by atoms with van der Waals surface area (Å²) in [5.41, 5.74) is 4.53. The van der Waals surface area contributed by atoms with Gasteiger partial charge in [-0.25, -0.2) is 0 Å². The summed E-state index contributed by atoms with van der Waals surface area (Å²) in [5, 5.41) is 3.43. The van der Waals surface area contributed by atoms with Crippen molar-refractivity contribution in [2.24, 2.45) is 11.3 Å². The zero-order valence-corrected chi connectivity index (χ0v) is 13.0. The first kappa shape index (κ1) is 14.1. The van der Waals surface area contributed by atoms with Crippen LogP contribution in [0.15, 0.2) is 18.2 Å². The van der Waals surface area contributed by atoms with Crippen LogP contribution < -0.4 is 5.32 Å². The van der Waals surface area contributed by atoms with E-state index in [0.717, 1.165) is 25.5 Å². The highest BCUT2D eigenvalue weighted by molar-refractivity contribution is 5.30. The predicted molar refractivity (Wildman–Crippen MR) is 83.1 cm³/mol. The van der Waals surface area contributed by atoms with Crippen molar-refractivity contribution in [1.82, 2.24) is 5.32 Å². The van der Waals surface area contributed by atoms with Crippen LogP contribution in [0.3, 0.4) is 0 Å². The quantitative estimate of drug-likeness (QED) is 0.889. The number of rotatable bonds is 5. The number of ether oxygens (including phenoxy) is 1. The van der Waals surface area contributed by atoms with Crippen molar-refractivity contribution in [2.45, 2.75) is 45.6 Å². The third kappa shape index (κ3) is 2.77. The van der Waals surface area contributed by atoms with Gasteiger partial charge in [0, 0.05) is 18.6 Å². The van der Waals surface area contributed by atoms with E-state index in [1.807, 2.05) is 0 Å². The first-order valence-corrected chi connectivity index (χ1v) is 7.96. The van der Waals surface area contributed by atoms with Gasteiger partial charge in [-0.15, -0.1) is 0 Å². The fraction of sp³-hybridized carbons (Fsp3) is 0.667. The summed E-state index contributed by atoms with van der Waals surface area (Å²) in [5.74, 6) is 0.816. The van der Waals surface area contributed by atoms with E-state index in [1.165, 1.54) is 36.0 Å². The highest BCUT2D eigenvalue weighted by Crippen LogP contribution is 2.49. The molecule has 2 atom stereocenters. The van der Waals surface area contributed by atoms with Crippen molar-refractivity contribution >= 4 is 0 Å². The van der Waals surface area contributed by atoms with Crippen LogP contribution in [0.2, 0.25) is 0 Å². The van der Waals surface area contributed by atoms with E-state index in [-0.39, 0.29) is 0 Å². The number of benzene rings is 1. The van der Waals surface area contributed by atoms with Gasteiger partial charge in [0.05, 0.1) is 6.10 Å². The normalized spacial score (nSPS) is 29.9. The Kier molecular flexibility index (Phi) is 3.87. The first-order chi connectivity index (χ1) is 9.63. The van der Waals surface area contributed by atoms with Gasteiger partial charge in [0.1, 0.15) is 0 Å². The Morgan fingerprint density at radius 3 is 2.50 bits per heavy atom. The molecule has 1 N–H and O–H groups in total. The molecule has 2 aliphatic rings. The maximum Gasteiger partial charge on any atom is 0.0675 e. The Labute approximate surface area is 122 Å². The molecule has 0 spiro atoms. The van der Waals surface area contributed by atoms with Crippen molar-refractivity contribution in [3.05, 3.63) is 34.9 Å². The van der Waals surface area contributed by atoms with Crippen LogP contribution in [0.1, 0.15) is 36.0 Å². The summed E-state index contributed by atoms with van der Waals surface area (Å²) in [6.07, 6.45) is 5.54. The highest BCUT2D eigenvalue weighted by atomic mass is 16.5. The van der Waals surface area contributed by atoms with Gasteiger partial charge in [-0.05, 0) is 58.1 Å². The van der Waals surface area contributed by atoms with Crippen molar-refractivity contribution in [3.8, 4) is 0 Å². The Morgan fingerprint density at radius 1 is 1.20 bits per heavy atom. The van der Waals surface area contributed by atoms with Crippen LogP contribution in [-0.4, -0.2) is 26.3 Å². The van der Waals surface area contributed by atoms with Crippen LogP contribution in [0.25, 0.3) is 0 Å². The average Bonchev–Trinajstić information content (AvgIpc) is 3.12. The van der Waals surface area contributed by atoms with Gasteiger partial charge < -0.3 is 10.1 Å². The van der Waals surface area contributed by atoms with E-state index >= 15 is 0 Å². The Hall–Kier alpha value is -0.860. The number of nitrogens with one attached hydrogen (secondary N) is 1. The fourth-order valence-corrected chi connectivity index (χ4v) is 4.11. The topological polar surface area (TPSA) is 21.3 Å². The minimum absolute atomic E-state index is 0.302. The average molecular weight is 273 g/mol. The van der Waals surface area contributed by atoms with Crippen LogP contribution >= 0.6 is 0 Å². The predicted octanol–water partition coefficient (Wildman–Crippen LogP) is 3.25. The maximum atomic E-state index is 6.14. The lowest BCUT2D eigenvalue weighted by atomic mass is 9.73. The summed E-state index contributed by atoms with van der Waals surface area (Å²) in [6, 6.07) is 6.97. The lowest BCUT2D eigenvalue weighted by molar-refractivity contribution is 0.0314. The first-order valence-electron chi connectivity index (χ1n) is 7.96. The van der Waals surface area contributed by atoms with E-state index in [0.29, 0.717) is 11.5 Å². The van der Waals surface area contributed by atoms with E-state index < -0.39 is 0 Å². The van der Waals surface area contributed by atoms with Gasteiger partial charge in [0.15, 0.2) is 0 Å². The Balaban J connectivity index is 1.86.